The lowest BCUT2D eigenvalue weighted by Crippen LogP contribution is -2.02. The summed E-state index contributed by atoms with van der Waals surface area (Å²) in [7, 11) is 0. The first-order chi connectivity index (χ1) is 3.38. The molecule has 0 aromatic carbocycles. The fraction of sp³-hybridized carbons (Fsp3) is 1.00. The highest BCUT2D eigenvalue weighted by Gasteiger charge is 2.44. The molecule has 0 amide bonds. The average Bonchev–Trinajstić information content (AvgIpc) is 2.23. The molecule has 40 valence electrons. The molecule has 2 aliphatic rings. The molecule has 0 unspecified atom stereocenters. The molecule has 2 rings (SSSR count). The number of rotatable bonds is 1. The molecule has 7 heavy (non-hydrogen) atoms. The Labute approximate surface area is 43.9 Å². The zero-order valence-corrected chi connectivity index (χ0v) is 4.43. The third kappa shape index (κ3) is 0.556. The summed E-state index contributed by atoms with van der Waals surface area (Å²) in [4.78, 5) is 0. The molecule has 0 saturated heterocycles. The van der Waals surface area contributed by atoms with E-state index < -0.39 is 0 Å². The maximum atomic E-state index is 5.61. The summed E-state index contributed by atoms with van der Waals surface area (Å²) in [6, 6.07) is 0.604. The van der Waals surface area contributed by atoms with Crippen LogP contribution in [0, 0.1) is 11.8 Å². The number of hydrogen-bond donors (Lipinski definition) is 1. The minimum Gasteiger partial charge on any atom is -0.327 e. The molecule has 2 N–H and O–H groups in total. The Morgan fingerprint density at radius 2 is 1.86 bits per heavy atom. The third-order valence-electron chi connectivity index (χ3n) is 2.12. The molecule has 0 aromatic rings. The zero-order chi connectivity index (χ0) is 4.85. The Morgan fingerprint density at radius 1 is 1.29 bits per heavy atom. The van der Waals surface area contributed by atoms with Crippen molar-refractivity contribution >= 4 is 0 Å². The first kappa shape index (κ1) is 3.90. The van der Waals surface area contributed by atoms with Crippen LogP contribution in [-0.4, -0.2) is 6.04 Å². The predicted molar refractivity (Wildman–Crippen MR) is 28.8 cm³/mol. The van der Waals surface area contributed by atoms with Crippen molar-refractivity contribution in [3.63, 3.8) is 0 Å². The van der Waals surface area contributed by atoms with Crippen molar-refractivity contribution in [1.29, 1.82) is 0 Å². The van der Waals surface area contributed by atoms with Crippen LogP contribution in [0.4, 0.5) is 0 Å². The van der Waals surface area contributed by atoms with Gasteiger partial charge in [-0.25, -0.2) is 0 Å². The van der Waals surface area contributed by atoms with Crippen LogP contribution in [0.25, 0.3) is 0 Å². The van der Waals surface area contributed by atoms with Gasteiger partial charge in [-0.1, -0.05) is 0 Å². The van der Waals surface area contributed by atoms with Crippen molar-refractivity contribution in [1.82, 2.24) is 0 Å². The van der Waals surface area contributed by atoms with Crippen molar-refractivity contribution in [2.45, 2.75) is 25.3 Å². The molecule has 0 aliphatic heterocycles. The summed E-state index contributed by atoms with van der Waals surface area (Å²) in [5.74, 6) is 2.02. The lowest BCUT2D eigenvalue weighted by atomic mass is 10.3. The van der Waals surface area contributed by atoms with Crippen LogP contribution in [-0.2, 0) is 0 Å². The minimum atomic E-state index is 0.604. The van der Waals surface area contributed by atoms with Gasteiger partial charge in [0.2, 0.25) is 0 Å². The van der Waals surface area contributed by atoms with Crippen LogP contribution in [0.1, 0.15) is 19.3 Å². The Morgan fingerprint density at radius 3 is 2.00 bits per heavy atom. The zero-order valence-electron chi connectivity index (χ0n) is 4.43. The van der Waals surface area contributed by atoms with Crippen LogP contribution in [0.15, 0.2) is 0 Å². The molecule has 0 bridgehead atoms. The van der Waals surface area contributed by atoms with Gasteiger partial charge < -0.3 is 5.73 Å². The lowest BCUT2D eigenvalue weighted by molar-refractivity contribution is 0.686. The van der Waals surface area contributed by atoms with E-state index in [0.717, 1.165) is 11.8 Å². The molecule has 1 nitrogen and oxygen atoms in total. The number of hydrogen-bond acceptors (Lipinski definition) is 1. The van der Waals surface area contributed by atoms with Gasteiger partial charge in [0.15, 0.2) is 0 Å². The van der Waals surface area contributed by atoms with Crippen LogP contribution in [0.5, 0.6) is 0 Å². The van der Waals surface area contributed by atoms with Gasteiger partial charge in [0.1, 0.15) is 0 Å². The topological polar surface area (TPSA) is 26.0 Å². The maximum absolute atomic E-state index is 5.61. The second kappa shape index (κ2) is 1.03. The van der Waals surface area contributed by atoms with E-state index in [4.69, 9.17) is 5.73 Å². The van der Waals surface area contributed by atoms with Crippen molar-refractivity contribution < 1.29 is 0 Å². The van der Waals surface area contributed by atoms with Gasteiger partial charge in [0, 0.05) is 6.04 Å². The van der Waals surface area contributed by atoms with Crippen LogP contribution in [0.2, 0.25) is 0 Å². The van der Waals surface area contributed by atoms with Crippen molar-refractivity contribution in [3.8, 4) is 0 Å². The van der Waals surface area contributed by atoms with Gasteiger partial charge in [-0.05, 0) is 31.1 Å². The summed E-state index contributed by atoms with van der Waals surface area (Å²) in [5, 5.41) is 0. The van der Waals surface area contributed by atoms with Crippen molar-refractivity contribution in [2.75, 3.05) is 0 Å². The van der Waals surface area contributed by atoms with Crippen molar-refractivity contribution in [3.05, 3.63) is 0 Å². The first-order valence-electron chi connectivity index (χ1n) is 3.13. The lowest BCUT2D eigenvalue weighted by Gasteiger charge is -1.83. The van der Waals surface area contributed by atoms with Gasteiger partial charge in [0.25, 0.3) is 0 Å². The van der Waals surface area contributed by atoms with Crippen molar-refractivity contribution in [2.24, 2.45) is 17.6 Å². The van der Waals surface area contributed by atoms with Gasteiger partial charge in [-0.2, -0.15) is 0 Å². The average molecular weight is 97.2 g/mol. The second-order valence-electron chi connectivity index (χ2n) is 2.90. The van der Waals surface area contributed by atoms with E-state index in [2.05, 4.69) is 0 Å². The molecule has 0 aromatic heterocycles. The van der Waals surface area contributed by atoms with E-state index in [0.29, 0.717) is 6.04 Å². The third-order valence-corrected chi connectivity index (χ3v) is 2.12. The van der Waals surface area contributed by atoms with Crippen LogP contribution >= 0.6 is 0 Å². The molecule has 2 aliphatic carbocycles. The van der Waals surface area contributed by atoms with E-state index >= 15 is 0 Å². The van der Waals surface area contributed by atoms with E-state index in [1.165, 1.54) is 19.3 Å². The highest BCUT2D eigenvalue weighted by Crippen LogP contribution is 2.48. The quantitative estimate of drug-likeness (QED) is 0.513. The molecule has 2 saturated carbocycles. The van der Waals surface area contributed by atoms with E-state index in [1.54, 1.807) is 0 Å². The van der Waals surface area contributed by atoms with Crippen LogP contribution in [0.3, 0.4) is 0 Å². The largest absolute Gasteiger partial charge is 0.327 e. The standard InChI is InChI=1S/C6H11N/c7-6-3-5(6)4-1-2-4/h4-6H,1-3,7H2/t5-,6+/m0/s1. The highest BCUT2D eigenvalue weighted by molar-refractivity contribution is 4.99. The van der Waals surface area contributed by atoms with E-state index in [-0.39, 0.29) is 0 Å². The molecule has 1 heteroatoms. The summed E-state index contributed by atoms with van der Waals surface area (Å²) in [6.45, 7) is 0. The summed E-state index contributed by atoms with van der Waals surface area (Å²) < 4.78 is 0. The maximum Gasteiger partial charge on any atom is 0.00737 e. The normalized spacial score (nSPS) is 49.3. The van der Waals surface area contributed by atoms with Crippen LogP contribution < -0.4 is 5.73 Å². The molecular formula is C6H11N. The Balaban J connectivity index is 1.88. The van der Waals surface area contributed by atoms with Gasteiger partial charge in [-0.15, -0.1) is 0 Å². The summed E-state index contributed by atoms with van der Waals surface area (Å²) in [5.41, 5.74) is 5.61. The number of nitrogens with two attached hydrogens (primary N) is 1. The smallest absolute Gasteiger partial charge is 0.00737 e. The highest BCUT2D eigenvalue weighted by atomic mass is 14.8. The fourth-order valence-corrected chi connectivity index (χ4v) is 1.30. The fourth-order valence-electron chi connectivity index (χ4n) is 1.30. The Hall–Kier alpha value is -0.0400. The van der Waals surface area contributed by atoms with Gasteiger partial charge in [0.05, 0.1) is 0 Å². The molecule has 0 radical (unpaired) electrons. The summed E-state index contributed by atoms with van der Waals surface area (Å²) in [6.07, 6.45) is 4.27. The van der Waals surface area contributed by atoms with Gasteiger partial charge in [-0.3, -0.25) is 0 Å². The molecule has 0 spiro atoms. The summed E-state index contributed by atoms with van der Waals surface area (Å²) >= 11 is 0. The Bertz CT molecular complexity index is 86.2. The van der Waals surface area contributed by atoms with E-state index in [9.17, 15) is 0 Å². The SMILES string of the molecule is N[C@@H]1C[C@H]1C1CC1. The Kier molecular flexibility index (Phi) is 0.571. The molecular weight excluding hydrogens is 86.1 g/mol. The molecule has 2 fully saturated rings. The monoisotopic (exact) mass is 97.1 g/mol. The predicted octanol–water partition coefficient (Wildman–Crippen LogP) is 0.744. The molecule has 2 atom stereocenters. The molecule has 0 heterocycles. The second-order valence-corrected chi connectivity index (χ2v) is 2.90. The van der Waals surface area contributed by atoms with E-state index in [1.807, 2.05) is 0 Å². The minimum absolute atomic E-state index is 0.604. The first-order valence-corrected chi connectivity index (χ1v) is 3.13. The van der Waals surface area contributed by atoms with Gasteiger partial charge >= 0.3 is 0 Å².